The van der Waals surface area contributed by atoms with E-state index in [0.29, 0.717) is 27.0 Å². The van der Waals surface area contributed by atoms with Crippen molar-refractivity contribution in [3.05, 3.63) is 130 Å². The average molecular weight is 606 g/mol. The molecule has 0 aliphatic carbocycles. The fourth-order valence-corrected chi connectivity index (χ4v) is 4.61. The van der Waals surface area contributed by atoms with Crippen LogP contribution in [0, 0.1) is 0 Å². The van der Waals surface area contributed by atoms with Gasteiger partial charge in [-0.05, 0) is 41.3 Å². The van der Waals surface area contributed by atoms with Crippen molar-refractivity contribution < 1.29 is 23.9 Å². The number of nitrogens with one attached hydrogen (secondary N) is 2. The van der Waals surface area contributed by atoms with Crippen LogP contribution in [0.2, 0.25) is 10.0 Å². The zero-order valence-corrected chi connectivity index (χ0v) is 24.2. The van der Waals surface area contributed by atoms with Crippen molar-refractivity contribution in [3.8, 4) is 0 Å². The molecule has 0 heterocycles. The molecule has 1 atom stereocenters. The van der Waals surface area contributed by atoms with Crippen LogP contribution in [-0.4, -0.2) is 23.9 Å². The number of ether oxygens (including phenoxy) is 2. The van der Waals surface area contributed by atoms with Crippen LogP contribution >= 0.6 is 23.2 Å². The Hall–Kier alpha value is -4.33. The lowest BCUT2D eigenvalue weighted by atomic mass is 10.1. The molecule has 0 aliphatic heterocycles. The highest BCUT2D eigenvalue weighted by atomic mass is 35.5. The van der Waals surface area contributed by atoms with Gasteiger partial charge in [-0.3, -0.25) is 9.59 Å². The van der Waals surface area contributed by atoms with Gasteiger partial charge in [-0.2, -0.15) is 0 Å². The average Bonchev–Trinajstić information content (AvgIpc) is 3.00. The van der Waals surface area contributed by atoms with Crippen molar-refractivity contribution in [2.45, 2.75) is 38.5 Å². The largest absolute Gasteiger partial charge is 0.461 e. The van der Waals surface area contributed by atoms with Crippen molar-refractivity contribution in [1.82, 2.24) is 5.32 Å². The highest BCUT2D eigenvalue weighted by molar-refractivity contribution is 6.39. The third kappa shape index (κ3) is 9.36. The molecule has 0 bridgehead atoms. The summed E-state index contributed by atoms with van der Waals surface area (Å²) in [5.74, 6) is -1.55. The molecule has 0 aromatic heterocycles. The third-order valence-corrected chi connectivity index (χ3v) is 6.94. The molecule has 0 saturated heterocycles. The summed E-state index contributed by atoms with van der Waals surface area (Å²) in [7, 11) is 0. The molecule has 0 saturated carbocycles. The van der Waals surface area contributed by atoms with E-state index in [-0.39, 0.29) is 32.5 Å². The summed E-state index contributed by atoms with van der Waals surface area (Å²) in [6, 6.07) is 29.8. The minimum absolute atomic E-state index is 0.0160. The number of halogens is 2. The number of para-hydroxylation sites is 2. The third-order valence-electron chi connectivity index (χ3n) is 6.31. The maximum absolute atomic E-state index is 13.2. The van der Waals surface area contributed by atoms with Gasteiger partial charge in [-0.15, -0.1) is 0 Å². The number of esters is 2. The number of amides is 1. The molecule has 1 amide bonds. The van der Waals surface area contributed by atoms with Gasteiger partial charge < -0.3 is 20.1 Å². The summed E-state index contributed by atoms with van der Waals surface area (Å²) in [5, 5.41) is 6.81. The van der Waals surface area contributed by atoms with Crippen LogP contribution in [0.4, 0.5) is 11.4 Å². The smallest absolute Gasteiger partial charge is 0.328 e. The molecule has 9 heteroatoms. The van der Waals surface area contributed by atoms with Crippen molar-refractivity contribution in [2.24, 2.45) is 0 Å². The fraction of sp³-hybridized carbons (Fsp3) is 0.182. The molecule has 42 heavy (non-hydrogen) atoms. The van der Waals surface area contributed by atoms with Crippen LogP contribution in [0.15, 0.2) is 103 Å². The Morgan fingerprint density at radius 1 is 0.690 bits per heavy atom. The molecule has 0 radical (unpaired) electrons. The van der Waals surface area contributed by atoms with Gasteiger partial charge in [-0.1, -0.05) is 108 Å². The second-order valence-corrected chi connectivity index (χ2v) is 10.3. The van der Waals surface area contributed by atoms with Crippen LogP contribution in [-0.2, 0) is 43.5 Å². The van der Waals surface area contributed by atoms with Crippen molar-refractivity contribution in [3.63, 3.8) is 0 Å². The van der Waals surface area contributed by atoms with E-state index in [0.717, 1.165) is 11.1 Å². The Morgan fingerprint density at radius 2 is 1.26 bits per heavy atom. The molecular weight excluding hydrogens is 575 g/mol. The predicted octanol–water partition coefficient (Wildman–Crippen LogP) is 7.03. The number of anilines is 2. The summed E-state index contributed by atoms with van der Waals surface area (Å²) in [6.07, 6.45) is -0.115. The number of rotatable bonds is 13. The lowest BCUT2D eigenvalue weighted by Crippen LogP contribution is -2.43. The number of carbonyl (C=O) groups excluding carboxylic acids is 3. The second kappa shape index (κ2) is 15.6. The minimum atomic E-state index is -1.05. The first-order valence-corrected chi connectivity index (χ1v) is 14.1. The zero-order chi connectivity index (χ0) is 29.7. The number of benzene rings is 4. The van der Waals surface area contributed by atoms with Gasteiger partial charge in [0.25, 0.3) is 0 Å². The minimum Gasteiger partial charge on any atom is -0.461 e. The lowest BCUT2D eigenvalue weighted by Gasteiger charge is -2.19. The summed E-state index contributed by atoms with van der Waals surface area (Å²) >= 11 is 12.6. The summed E-state index contributed by atoms with van der Waals surface area (Å²) in [6.45, 7) is 0.157. The van der Waals surface area contributed by atoms with E-state index < -0.39 is 23.9 Å². The van der Waals surface area contributed by atoms with Crippen molar-refractivity contribution in [1.29, 1.82) is 0 Å². The van der Waals surface area contributed by atoms with Gasteiger partial charge in [0, 0.05) is 12.1 Å². The Bertz CT molecular complexity index is 1480. The van der Waals surface area contributed by atoms with E-state index in [1.54, 1.807) is 36.4 Å². The van der Waals surface area contributed by atoms with Gasteiger partial charge in [0.05, 0.1) is 22.2 Å². The van der Waals surface area contributed by atoms with Gasteiger partial charge >= 0.3 is 11.9 Å². The van der Waals surface area contributed by atoms with E-state index in [1.165, 1.54) is 0 Å². The van der Waals surface area contributed by atoms with Gasteiger partial charge in [0.15, 0.2) is 0 Å². The Balaban J connectivity index is 1.41. The van der Waals surface area contributed by atoms with Crippen molar-refractivity contribution in [2.75, 3.05) is 5.32 Å². The van der Waals surface area contributed by atoms with Crippen LogP contribution in [0.5, 0.6) is 0 Å². The molecule has 4 aromatic rings. The molecule has 0 aliphatic rings. The van der Waals surface area contributed by atoms with E-state index in [2.05, 4.69) is 10.6 Å². The lowest BCUT2D eigenvalue weighted by molar-refractivity contribution is -0.150. The fourth-order valence-electron chi connectivity index (χ4n) is 4.12. The van der Waals surface area contributed by atoms with E-state index >= 15 is 0 Å². The highest BCUT2D eigenvalue weighted by Gasteiger charge is 2.24. The summed E-state index contributed by atoms with van der Waals surface area (Å²) < 4.78 is 10.8. The standard InChI is InChI=1S/C33H30Cl2N2O5/c34-26-15-9-16-27(35)32(26)37-28-17-8-7-14-25(28)20-30(38)36-29(33(40)42-22-24-12-5-2-6-13-24)18-19-31(39)41-21-23-10-3-1-4-11-23/h1-17,29,37H,18-22H2,(H,36,38)/t29-/m1/s1. The monoisotopic (exact) mass is 604 g/mol. The maximum Gasteiger partial charge on any atom is 0.328 e. The van der Waals surface area contributed by atoms with Crippen molar-refractivity contribution >= 4 is 52.4 Å². The Morgan fingerprint density at radius 3 is 1.90 bits per heavy atom. The second-order valence-electron chi connectivity index (χ2n) is 9.45. The van der Waals surface area contributed by atoms with Gasteiger partial charge in [-0.25, -0.2) is 4.79 Å². The molecule has 7 nitrogen and oxygen atoms in total. The van der Waals surface area contributed by atoms with Crippen LogP contribution < -0.4 is 10.6 Å². The molecule has 0 unspecified atom stereocenters. The van der Waals surface area contributed by atoms with Gasteiger partial charge in [0.1, 0.15) is 19.3 Å². The van der Waals surface area contributed by atoms with Gasteiger partial charge in [0.2, 0.25) is 5.91 Å². The van der Waals surface area contributed by atoms with Crippen LogP contribution in [0.25, 0.3) is 0 Å². The zero-order valence-electron chi connectivity index (χ0n) is 22.7. The molecular formula is C33H30Cl2N2O5. The first-order valence-electron chi connectivity index (χ1n) is 13.4. The number of hydrogen-bond donors (Lipinski definition) is 2. The first-order chi connectivity index (χ1) is 20.4. The number of carbonyl (C=O) groups is 3. The maximum atomic E-state index is 13.2. The topological polar surface area (TPSA) is 93.7 Å². The molecule has 2 N–H and O–H groups in total. The molecule has 4 rings (SSSR count). The quantitative estimate of drug-likeness (QED) is 0.159. The summed E-state index contributed by atoms with van der Waals surface area (Å²) in [5.41, 5.74) is 3.46. The Labute approximate surface area is 254 Å². The summed E-state index contributed by atoms with van der Waals surface area (Å²) in [4.78, 5) is 38.7. The van der Waals surface area contributed by atoms with E-state index in [4.69, 9.17) is 32.7 Å². The predicted molar refractivity (Wildman–Crippen MR) is 164 cm³/mol. The van der Waals surface area contributed by atoms with Crippen LogP contribution in [0.1, 0.15) is 29.5 Å². The normalized spacial score (nSPS) is 11.3. The van der Waals surface area contributed by atoms with Crippen LogP contribution in [0.3, 0.4) is 0 Å². The molecule has 216 valence electrons. The highest BCUT2D eigenvalue weighted by Crippen LogP contribution is 2.33. The molecule has 0 spiro atoms. The van der Waals surface area contributed by atoms with E-state index in [1.807, 2.05) is 66.7 Å². The number of hydrogen-bond acceptors (Lipinski definition) is 6. The Kier molecular flexibility index (Phi) is 11.4. The first kappa shape index (κ1) is 30.6. The molecule has 4 aromatic carbocycles. The molecule has 0 fully saturated rings. The SMILES string of the molecule is O=C(Cc1ccccc1Nc1c(Cl)cccc1Cl)N[C@H](CCC(=O)OCc1ccccc1)C(=O)OCc1ccccc1. The van der Waals surface area contributed by atoms with E-state index in [9.17, 15) is 14.4 Å².